The zero-order chi connectivity index (χ0) is 11.7. The lowest BCUT2D eigenvalue weighted by Gasteiger charge is -2.53. The molecule has 0 radical (unpaired) electrons. The summed E-state index contributed by atoms with van der Waals surface area (Å²) in [5, 5.41) is 3.77. The van der Waals surface area contributed by atoms with Crippen LogP contribution in [-0.2, 0) is 4.74 Å². The van der Waals surface area contributed by atoms with E-state index in [1.807, 2.05) is 0 Å². The first-order chi connectivity index (χ1) is 8.32. The van der Waals surface area contributed by atoms with Crippen molar-refractivity contribution in [3.05, 3.63) is 0 Å². The van der Waals surface area contributed by atoms with E-state index in [2.05, 4.69) is 10.2 Å². The van der Waals surface area contributed by atoms with Gasteiger partial charge in [0.2, 0.25) is 0 Å². The molecular formula is C13H25N3O. The van der Waals surface area contributed by atoms with E-state index in [0.717, 1.165) is 32.2 Å². The third-order valence-electron chi connectivity index (χ3n) is 4.94. The van der Waals surface area contributed by atoms with Crippen molar-refractivity contribution in [3.8, 4) is 0 Å². The van der Waals surface area contributed by atoms with Crippen molar-refractivity contribution in [1.29, 1.82) is 0 Å². The van der Waals surface area contributed by atoms with Gasteiger partial charge in [0.05, 0.1) is 6.10 Å². The molecule has 0 saturated carbocycles. The van der Waals surface area contributed by atoms with E-state index in [-0.39, 0.29) is 5.54 Å². The van der Waals surface area contributed by atoms with Crippen LogP contribution in [0.5, 0.6) is 0 Å². The van der Waals surface area contributed by atoms with E-state index >= 15 is 0 Å². The van der Waals surface area contributed by atoms with Crippen LogP contribution in [0, 0.1) is 5.92 Å². The molecule has 4 heterocycles. The van der Waals surface area contributed by atoms with Crippen LogP contribution in [0.15, 0.2) is 0 Å². The van der Waals surface area contributed by atoms with Gasteiger partial charge in [-0.1, -0.05) is 0 Å². The minimum Gasteiger partial charge on any atom is -0.377 e. The van der Waals surface area contributed by atoms with Crippen molar-refractivity contribution in [1.82, 2.24) is 10.2 Å². The molecule has 2 atom stereocenters. The highest BCUT2D eigenvalue weighted by atomic mass is 16.5. The lowest BCUT2D eigenvalue weighted by Crippen LogP contribution is -2.69. The first-order valence-electron chi connectivity index (χ1n) is 7.11. The van der Waals surface area contributed by atoms with Crippen LogP contribution in [-0.4, -0.2) is 55.9 Å². The molecule has 3 N–H and O–H groups in total. The molecule has 2 unspecified atom stereocenters. The van der Waals surface area contributed by atoms with Gasteiger partial charge >= 0.3 is 0 Å². The fraction of sp³-hybridized carbons (Fsp3) is 1.00. The van der Waals surface area contributed by atoms with Crippen LogP contribution in [0.1, 0.15) is 25.7 Å². The molecule has 4 saturated heterocycles. The molecule has 4 rings (SSSR count). The second-order valence-corrected chi connectivity index (χ2v) is 5.93. The Kier molecular flexibility index (Phi) is 3.39. The number of ether oxygens (including phenoxy) is 1. The van der Waals surface area contributed by atoms with Crippen molar-refractivity contribution in [2.45, 2.75) is 37.3 Å². The zero-order valence-corrected chi connectivity index (χ0v) is 10.7. The topological polar surface area (TPSA) is 50.5 Å². The van der Waals surface area contributed by atoms with E-state index in [0.29, 0.717) is 6.10 Å². The van der Waals surface area contributed by atoms with E-state index in [1.165, 1.54) is 38.8 Å². The highest BCUT2D eigenvalue weighted by Gasteiger charge is 2.45. The summed E-state index contributed by atoms with van der Waals surface area (Å²) in [5.74, 6) is 0.777. The largest absolute Gasteiger partial charge is 0.377 e. The standard InChI is InChI=1S/C13H25N3O/c14-9-13(15-8-12-2-1-7-17-12)10-16-5-3-11(13)4-6-16/h11-12,15H,1-10,14H2. The number of hydrogen-bond donors (Lipinski definition) is 2. The fourth-order valence-electron chi connectivity index (χ4n) is 3.80. The van der Waals surface area contributed by atoms with E-state index in [9.17, 15) is 0 Å². The van der Waals surface area contributed by atoms with Crippen LogP contribution in [0.3, 0.4) is 0 Å². The van der Waals surface area contributed by atoms with E-state index in [4.69, 9.17) is 10.5 Å². The number of rotatable bonds is 4. The van der Waals surface area contributed by atoms with Crippen LogP contribution in [0.2, 0.25) is 0 Å². The van der Waals surface area contributed by atoms with Crippen molar-refractivity contribution >= 4 is 0 Å². The quantitative estimate of drug-likeness (QED) is 0.735. The van der Waals surface area contributed by atoms with Crippen molar-refractivity contribution in [2.24, 2.45) is 11.7 Å². The Morgan fingerprint density at radius 1 is 1.29 bits per heavy atom. The van der Waals surface area contributed by atoms with Gasteiger partial charge in [-0.2, -0.15) is 0 Å². The van der Waals surface area contributed by atoms with Crippen molar-refractivity contribution < 1.29 is 4.74 Å². The molecule has 0 aromatic rings. The Morgan fingerprint density at radius 2 is 2.12 bits per heavy atom. The summed E-state index contributed by atoms with van der Waals surface area (Å²) in [7, 11) is 0. The summed E-state index contributed by atoms with van der Waals surface area (Å²) in [6, 6.07) is 0. The predicted molar refractivity (Wildman–Crippen MR) is 67.9 cm³/mol. The summed E-state index contributed by atoms with van der Waals surface area (Å²) >= 11 is 0. The summed E-state index contributed by atoms with van der Waals surface area (Å²) in [4.78, 5) is 2.56. The monoisotopic (exact) mass is 239 g/mol. The molecule has 4 fully saturated rings. The lowest BCUT2D eigenvalue weighted by molar-refractivity contribution is 0.00159. The van der Waals surface area contributed by atoms with E-state index in [1.54, 1.807) is 0 Å². The Hall–Kier alpha value is -0.160. The third-order valence-corrected chi connectivity index (χ3v) is 4.94. The number of nitrogens with two attached hydrogens (primary N) is 1. The molecule has 2 bridgehead atoms. The summed E-state index contributed by atoms with van der Waals surface area (Å²) < 4.78 is 5.70. The second kappa shape index (κ2) is 4.84. The van der Waals surface area contributed by atoms with Gasteiger partial charge < -0.3 is 20.7 Å². The smallest absolute Gasteiger partial charge is 0.0700 e. The fourth-order valence-corrected chi connectivity index (χ4v) is 3.80. The molecule has 4 aliphatic rings. The van der Waals surface area contributed by atoms with E-state index < -0.39 is 0 Å². The van der Waals surface area contributed by atoms with Gasteiger partial charge in [0.25, 0.3) is 0 Å². The zero-order valence-electron chi connectivity index (χ0n) is 10.7. The molecular weight excluding hydrogens is 214 g/mol. The van der Waals surface area contributed by atoms with Gasteiger partial charge in [-0.15, -0.1) is 0 Å². The average molecular weight is 239 g/mol. The Balaban J connectivity index is 1.61. The number of nitrogens with one attached hydrogen (secondary N) is 1. The molecule has 4 aliphatic heterocycles. The van der Waals surface area contributed by atoms with Gasteiger partial charge in [0.15, 0.2) is 0 Å². The normalized spacial score (nSPS) is 45.4. The predicted octanol–water partition coefficient (Wildman–Crippen LogP) is 0.178. The Bertz CT molecular complexity index is 259. The van der Waals surface area contributed by atoms with Crippen LogP contribution < -0.4 is 11.1 Å². The molecule has 4 nitrogen and oxygen atoms in total. The molecule has 0 aliphatic carbocycles. The van der Waals surface area contributed by atoms with Gasteiger partial charge in [-0.05, 0) is 44.7 Å². The molecule has 98 valence electrons. The highest BCUT2D eigenvalue weighted by Crippen LogP contribution is 2.35. The summed E-state index contributed by atoms with van der Waals surface area (Å²) in [6.07, 6.45) is 5.49. The maximum Gasteiger partial charge on any atom is 0.0700 e. The number of nitrogens with zero attached hydrogens (tertiary/aromatic N) is 1. The minimum absolute atomic E-state index is 0.169. The van der Waals surface area contributed by atoms with Crippen LogP contribution in [0.25, 0.3) is 0 Å². The molecule has 0 aromatic carbocycles. The number of hydrogen-bond acceptors (Lipinski definition) is 4. The maximum atomic E-state index is 6.08. The molecule has 4 heteroatoms. The highest BCUT2D eigenvalue weighted by molar-refractivity contribution is 5.05. The first-order valence-corrected chi connectivity index (χ1v) is 7.11. The minimum atomic E-state index is 0.169. The van der Waals surface area contributed by atoms with Crippen molar-refractivity contribution in [2.75, 3.05) is 39.3 Å². The van der Waals surface area contributed by atoms with Gasteiger partial charge in [0, 0.05) is 31.8 Å². The molecule has 17 heavy (non-hydrogen) atoms. The summed E-state index contributed by atoms with van der Waals surface area (Å²) in [6.45, 7) is 6.38. The Labute approximate surface area is 104 Å². The molecule has 0 spiro atoms. The third kappa shape index (κ3) is 2.24. The summed E-state index contributed by atoms with van der Waals surface area (Å²) in [5.41, 5.74) is 6.25. The van der Waals surface area contributed by atoms with Crippen molar-refractivity contribution in [3.63, 3.8) is 0 Å². The first kappa shape index (κ1) is 11.9. The maximum absolute atomic E-state index is 6.08. The van der Waals surface area contributed by atoms with Gasteiger partial charge in [-0.25, -0.2) is 0 Å². The SMILES string of the molecule is NCC1(NCC2CCCO2)CN2CCC1CC2. The average Bonchev–Trinajstić information content (AvgIpc) is 2.91. The van der Waals surface area contributed by atoms with Crippen LogP contribution in [0.4, 0.5) is 0 Å². The second-order valence-electron chi connectivity index (χ2n) is 5.93. The Morgan fingerprint density at radius 3 is 2.65 bits per heavy atom. The van der Waals surface area contributed by atoms with Gasteiger partial charge in [0.1, 0.15) is 0 Å². The number of fused-ring (bicyclic) bond motifs is 3. The van der Waals surface area contributed by atoms with Gasteiger partial charge in [-0.3, -0.25) is 0 Å². The lowest BCUT2D eigenvalue weighted by atomic mass is 9.72. The molecule has 0 aromatic heterocycles. The number of piperidine rings is 3. The van der Waals surface area contributed by atoms with Crippen LogP contribution >= 0.6 is 0 Å². The molecule has 0 amide bonds.